The summed E-state index contributed by atoms with van der Waals surface area (Å²) >= 11 is 7.88. The van der Waals surface area contributed by atoms with Crippen LogP contribution in [0.4, 0.5) is 14.5 Å². The summed E-state index contributed by atoms with van der Waals surface area (Å²) in [6.45, 7) is -0.658. The van der Waals surface area contributed by atoms with E-state index in [9.17, 15) is 8.78 Å². The first-order chi connectivity index (χ1) is 7.50. The van der Waals surface area contributed by atoms with Crippen LogP contribution in [0.3, 0.4) is 0 Å². The quantitative estimate of drug-likeness (QED) is 0.840. The molecular formula is C9H9BrF2N2OS. The number of halogens is 3. The van der Waals surface area contributed by atoms with E-state index in [1.807, 2.05) is 0 Å². The molecule has 88 valence electrons. The molecule has 0 radical (unpaired) electrons. The topological polar surface area (TPSA) is 47.3 Å². The van der Waals surface area contributed by atoms with Crippen LogP contribution in [0.1, 0.15) is 0 Å². The summed E-state index contributed by atoms with van der Waals surface area (Å²) in [5, 5.41) is 2.79. The minimum atomic E-state index is -2.51. The van der Waals surface area contributed by atoms with Crippen LogP contribution in [0.2, 0.25) is 0 Å². The van der Waals surface area contributed by atoms with Crippen molar-refractivity contribution in [3.05, 3.63) is 22.7 Å². The number of nitrogens with one attached hydrogen (secondary N) is 1. The number of ether oxygens (including phenoxy) is 1. The summed E-state index contributed by atoms with van der Waals surface area (Å²) in [6, 6.07) is 4.90. The van der Waals surface area contributed by atoms with Crippen molar-refractivity contribution in [1.29, 1.82) is 0 Å². The Morgan fingerprint density at radius 1 is 1.56 bits per heavy atom. The first-order valence-electron chi connectivity index (χ1n) is 4.26. The van der Waals surface area contributed by atoms with E-state index < -0.39 is 13.0 Å². The van der Waals surface area contributed by atoms with Crippen molar-refractivity contribution >= 4 is 38.9 Å². The monoisotopic (exact) mass is 310 g/mol. The van der Waals surface area contributed by atoms with Crippen LogP contribution in [-0.4, -0.2) is 18.1 Å². The summed E-state index contributed by atoms with van der Waals surface area (Å²) in [7, 11) is 0. The van der Waals surface area contributed by atoms with Gasteiger partial charge in [-0.1, -0.05) is 6.07 Å². The summed E-state index contributed by atoms with van der Waals surface area (Å²) < 4.78 is 29.3. The third-order valence-corrected chi connectivity index (χ3v) is 2.51. The van der Waals surface area contributed by atoms with Gasteiger partial charge in [-0.2, -0.15) is 0 Å². The van der Waals surface area contributed by atoms with E-state index >= 15 is 0 Å². The van der Waals surface area contributed by atoms with Crippen molar-refractivity contribution in [3.8, 4) is 5.75 Å². The molecule has 0 heterocycles. The molecule has 0 fully saturated rings. The van der Waals surface area contributed by atoms with E-state index in [4.69, 9.17) is 10.5 Å². The van der Waals surface area contributed by atoms with E-state index in [1.165, 1.54) is 0 Å². The van der Waals surface area contributed by atoms with Gasteiger partial charge in [0.05, 0.1) is 10.2 Å². The van der Waals surface area contributed by atoms with Gasteiger partial charge in [-0.05, 0) is 40.3 Å². The highest BCUT2D eigenvalue weighted by atomic mass is 79.9. The van der Waals surface area contributed by atoms with Crippen molar-refractivity contribution in [2.45, 2.75) is 6.43 Å². The lowest BCUT2D eigenvalue weighted by Gasteiger charge is -2.11. The second kappa shape index (κ2) is 5.95. The largest absolute Gasteiger partial charge is 0.486 e. The minimum Gasteiger partial charge on any atom is -0.486 e. The van der Waals surface area contributed by atoms with Gasteiger partial charge >= 0.3 is 0 Å². The SMILES string of the molecule is NC(=S)Nc1cccc(OCC(F)F)c1Br. The van der Waals surface area contributed by atoms with Crippen LogP contribution in [0.25, 0.3) is 0 Å². The average molecular weight is 311 g/mol. The third kappa shape index (κ3) is 3.90. The molecule has 0 amide bonds. The van der Waals surface area contributed by atoms with E-state index in [2.05, 4.69) is 33.5 Å². The first-order valence-corrected chi connectivity index (χ1v) is 5.46. The molecule has 0 saturated carbocycles. The zero-order valence-corrected chi connectivity index (χ0v) is 10.4. The Balaban J connectivity index is 2.81. The molecule has 0 saturated heterocycles. The zero-order chi connectivity index (χ0) is 12.1. The number of hydrogen-bond acceptors (Lipinski definition) is 2. The Kier molecular flexibility index (Phi) is 4.88. The Hall–Kier alpha value is -0.950. The molecule has 0 bridgehead atoms. The number of thiocarbonyl (C=S) groups is 1. The highest BCUT2D eigenvalue weighted by molar-refractivity contribution is 9.10. The Bertz CT molecular complexity index is 390. The second-order valence-corrected chi connectivity index (χ2v) is 4.04. The average Bonchev–Trinajstić information content (AvgIpc) is 2.18. The fraction of sp³-hybridized carbons (Fsp3) is 0.222. The van der Waals surface area contributed by atoms with Gasteiger partial charge in [-0.15, -0.1) is 0 Å². The van der Waals surface area contributed by atoms with Crippen molar-refractivity contribution in [1.82, 2.24) is 0 Å². The lowest BCUT2D eigenvalue weighted by molar-refractivity contribution is 0.0816. The maximum absolute atomic E-state index is 12.0. The van der Waals surface area contributed by atoms with Gasteiger partial charge in [-0.25, -0.2) is 8.78 Å². The number of hydrogen-bond donors (Lipinski definition) is 2. The van der Waals surface area contributed by atoms with Crippen LogP contribution < -0.4 is 15.8 Å². The van der Waals surface area contributed by atoms with Gasteiger partial charge in [-0.3, -0.25) is 0 Å². The fourth-order valence-corrected chi connectivity index (χ4v) is 1.59. The molecule has 0 unspecified atom stereocenters. The molecular weight excluding hydrogens is 302 g/mol. The lowest BCUT2D eigenvalue weighted by Crippen LogP contribution is -2.19. The molecule has 1 rings (SSSR count). The van der Waals surface area contributed by atoms with Crippen LogP contribution in [0.15, 0.2) is 22.7 Å². The molecule has 7 heteroatoms. The highest BCUT2D eigenvalue weighted by Gasteiger charge is 2.09. The predicted molar refractivity (Wildman–Crippen MR) is 66.0 cm³/mol. The van der Waals surface area contributed by atoms with Gasteiger partial charge in [0.25, 0.3) is 6.43 Å². The van der Waals surface area contributed by atoms with Crippen molar-refractivity contribution < 1.29 is 13.5 Å². The number of nitrogens with two attached hydrogens (primary N) is 1. The summed E-state index contributed by atoms with van der Waals surface area (Å²) in [5.74, 6) is 0.307. The zero-order valence-electron chi connectivity index (χ0n) is 8.04. The molecule has 1 aromatic rings. The molecule has 0 aliphatic rings. The molecule has 3 nitrogen and oxygen atoms in total. The van der Waals surface area contributed by atoms with E-state index in [0.717, 1.165) is 0 Å². The standard InChI is InChI=1S/C9H9BrF2N2OS/c10-8-5(14-9(13)16)2-1-3-6(8)15-4-7(11)12/h1-3,7H,4H2,(H3,13,14,16). The van der Waals surface area contributed by atoms with E-state index in [1.54, 1.807) is 18.2 Å². The number of rotatable bonds is 4. The predicted octanol–water partition coefficient (Wildman–Crippen LogP) is 2.75. The number of anilines is 1. The molecule has 1 aromatic carbocycles. The smallest absolute Gasteiger partial charge is 0.272 e. The van der Waals surface area contributed by atoms with Crippen molar-refractivity contribution in [3.63, 3.8) is 0 Å². The van der Waals surface area contributed by atoms with Crippen LogP contribution in [0, 0.1) is 0 Å². The number of benzene rings is 1. The lowest BCUT2D eigenvalue weighted by atomic mass is 10.3. The summed E-state index contributed by atoms with van der Waals surface area (Å²) in [6.07, 6.45) is -2.51. The summed E-state index contributed by atoms with van der Waals surface area (Å²) in [4.78, 5) is 0. The first kappa shape index (κ1) is 13.1. The second-order valence-electron chi connectivity index (χ2n) is 2.81. The molecule has 0 spiro atoms. The van der Waals surface area contributed by atoms with Gasteiger partial charge in [0.1, 0.15) is 12.4 Å². The fourth-order valence-electron chi connectivity index (χ4n) is 1.00. The molecule has 0 aliphatic heterocycles. The third-order valence-electron chi connectivity index (χ3n) is 1.59. The maximum Gasteiger partial charge on any atom is 0.272 e. The van der Waals surface area contributed by atoms with Gasteiger partial charge < -0.3 is 15.8 Å². The Labute approximate surface area is 105 Å². The molecule has 0 aliphatic carbocycles. The van der Waals surface area contributed by atoms with Crippen LogP contribution >= 0.6 is 28.1 Å². The maximum atomic E-state index is 12.0. The molecule has 3 N–H and O–H groups in total. The van der Waals surface area contributed by atoms with Gasteiger partial charge in [0.2, 0.25) is 0 Å². The Morgan fingerprint density at radius 3 is 2.81 bits per heavy atom. The minimum absolute atomic E-state index is 0.0895. The number of alkyl halides is 2. The van der Waals surface area contributed by atoms with Crippen LogP contribution in [0.5, 0.6) is 5.75 Å². The van der Waals surface area contributed by atoms with Crippen molar-refractivity contribution in [2.24, 2.45) is 5.73 Å². The van der Waals surface area contributed by atoms with Gasteiger partial charge in [0, 0.05) is 0 Å². The summed E-state index contributed by atoms with van der Waals surface area (Å²) in [5.41, 5.74) is 5.87. The Morgan fingerprint density at radius 2 is 2.25 bits per heavy atom. The highest BCUT2D eigenvalue weighted by Crippen LogP contribution is 2.32. The van der Waals surface area contributed by atoms with Gasteiger partial charge in [0.15, 0.2) is 5.11 Å². The van der Waals surface area contributed by atoms with E-state index in [-0.39, 0.29) is 5.11 Å². The normalized spacial score (nSPS) is 10.2. The molecule has 0 aromatic heterocycles. The molecule has 0 atom stereocenters. The molecule has 16 heavy (non-hydrogen) atoms. The van der Waals surface area contributed by atoms with Crippen LogP contribution in [-0.2, 0) is 0 Å². The van der Waals surface area contributed by atoms with Crippen molar-refractivity contribution in [2.75, 3.05) is 11.9 Å². The van der Waals surface area contributed by atoms with E-state index in [0.29, 0.717) is 15.9 Å².